The van der Waals surface area contributed by atoms with E-state index in [0.717, 1.165) is 21.8 Å². The summed E-state index contributed by atoms with van der Waals surface area (Å²) in [4.78, 5) is 14.1. The highest BCUT2D eigenvalue weighted by molar-refractivity contribution is 9.11. The highest BCUT2D eigenvalue weighted by Gasteiger charge is 2.31. The molecule has 3 nitrogen and oxygen atoms in total. The van der Waals surface area contributed by atoms with E-state index in [1.54, 1.807) is 17.9 Å². The van der Waals surface area contributed by atoms with E-state index in [-0.39, 0.29) is 5.91 Å². The van der Waals surface area contributed by atoms with Gasteiger partial charge in [-0.25, -0.2) is 0 Å². The third-order valence-corrected chi connectivity index (χ3v) is 4.27. The largest absolute Gasteiger partial charge is 0.388 e. The highest BCUT2D eigenvalue weighted by Crippen LogP contribution is 2.26. The molecule has 1 saturated heterocycles. The van der Waals surface area contributed by atoms with E-state index in [1.807, 2.05) is 12.1 Å². The Labute approximate surface area is 123 Å². The lowest BCUT2D eigenvalue weighted by Crippen LogP contribution is -2.48. The Kier molecular flexibility index (Phi) is 4.14. The second kappa shape index (κ2) is 5.31. The van der Waals surface area contributed by atoms with E-state index < -0.39 is 5.60 Å². The summed E-state index contributed by atoms with van der Waals surface area (Å²) in [6.45, 7) is 2.88. The Hall–Kier alpha value is -0.390. The molecule has 1 heterocycles. The maximum absolute atomic E-state index is 12.4. The molecule has 1 aromatic carbocycles. The standard InChI is InChI=1S/C13H15Br2NO2/c1-13(18)5-2-6-16(8-13)12(17)10-4-3-9(14)7-11(10)15/h3-4,7,18H,2,5-6,8H2,1H3. The molecule has 1 fully saturated rings. The predicted molar refractivity (Wildman–Crippen MR) is 77.6 cm³/mol. The summed E-state index contributed by atoms with van der Waals surface area (Å²) in [6, 6.07) is 5.50. The Morgan fingerprint density at radius 2 is 2.17 bits per heavy atom. The van der Waals surface area contributed by atoms with Crippen molar-refractivity contribution in [3.05, 3.63) is 32.7 Å². The molecule has 1 atom stereocenters. The monoisotopic (exact) mass is 375 g/mol. The van der Waals surface area contributed by atoms with Crippen molar-refractivity contribution in [3.8, 4) is 0 Å². The van der Waals surface area contributed by atoms with Crippen LogP contribution in [0.5, 0.6) is 0 Å². The molecule has 0 aromatic heterocycles. The molecule has 1 N–H and O–H groups in total. The van der Waals surface area contributed by atoms with Crippen LogP contribution in [0, 0.1) is 0 Å². The zero-order valence-electron chi connectivity index (χ0n) is 10.1. The Morgan fingerprint density at radius 1 is 1.44 bits per heavy atom. The summed E-state index contributed by atoms with van der Waals surface area (Å²) in [6.07, 6.45) is 1.59. The van der Waals surface area contributed by atoms with Crippen LogP contribution in [0.3, 0.4) is 0 Å². The summed E-state index contributed by atoms with van der Waals surface area (Å²) in [7, 11) is 0. The summed E-state index contributed by atoms with van der Waals surface area (Å²) in [5, 5.41) is 10.0. The van der Waals surface area contributed by atoms with Crippen LogP contribution in [0.4, 0.5) is 0 Å². The maximum atomic E-state index is 12.4. The van der Waals surface area contributed by atoms with Gasteiger partial charge in [-0.1, -0.05) is 15.9 Å². The molecule has 98 valence electrons. The summed E-state index contributed by atoms with van der Waals surface area (Å²) < 4.78 is 1.70. The van der Waals surface area contributed by atoms with Crippen LogP contribution in [0.15, 0.2) is 27.1 Å². The van der Waals surface area contributed by atoms with E-state index in [1.165, 1.54) is 0 Å². The number of amides is 1. The molecule has 18 heavy (non-hydrogen) atoms. The lowest BCUT2D eigenvalue weighted by molar-refractivity contribution is -0.0107. The Morgan fingerprint density at radius 3 is 2.78 bits per heavy atom. The maximum Gasteiger partial charge on any atom is 0.255 e. The number of carbonyl (C=O) groups excluding carboxylic acids is 1. The van der Waals surface area contributed by atoms with Gasteiger partial charge >= 0.3 is 0 Å². The van der Waals surface area contributed by atoms with Crippen LogP contribution in [0.1, 0.15) is 30.1 Å². The van der Waals surface area contributed by atoms with E-state index in [4.69, 9.17) is 0 Å². The van der Waals surface area contributed by atoms with Crippen LogP contribution in [0.2, 0.25) is 0 Å². The average Bonchev–Trinajstić information content (AvgIpc) is 2.27. The number of nitrogens with zero attached hydrogens (tertiary/aromatic N) is 1. The number of β-amino-alcohol motifs (C(OH)–C–C–N with tert-alkyl or cyclic N) is 1. The van der Waals surface area contributed by atoms with Crippen molar-refractivity contribution in [1.82, 2.24) is 4.90 Å². The molecule has 1 aromatic rings. The van der Waals surface area contributed by atoms with Gasteiger partial charge in [0.25, 0.3) is 5.91 Å². The molecule has 1 unspecified atom stereocenters. The van der Waals surface area contributed by atoms with Gasteiger partial charge in [0.15, 0.2) is 0 Å². The lowest BCUT2D eigenvalue weighted by Gasteiger charge is -2.37. The van der Waals surface area contributed by atoms with Gasteiger partial charge in [0.05, 0.1) is 11.2 Å². The molecule has 0 radical (unpaired) electrons. The van der Waals surface area contributed by atoms with E-state index >= 15 is 0 Å². The highest BCUT2D eigenvalue weighted by atomic mass is 79.9. The molecule has 1 aliphatic rings. The number of hydrogen-bond donors (Lipinski definition) is 1. The number of piperidine rings is 1. The van der Waals surface area contributed by atoms with Crippen LogP contribution < -0.4 is 0 Å². The third-order valence-electron chi connectivity index (χ3n) is 3.12. The first-order valence-corrected chi connectivity index (χ1v) is 7.44. The number of carbonyl (C=O) groups is 1. The Bertz CT molecular complexity index is 474. The van der Waals surface area contributed by atoms with Gasteiger partial charge in [-0.05, 0) is 53.9 Å². The van der Waals surface area contributed by atoms with Gasteiger partial charge in [-0.15, -0.1) is 0 Å². The van der Waals surface area contributed by atoms with Crippen molar-refractivity contribution in [2.24, 2.45) is 0 Å². The van der Waals surface area contributed by atoms with Crippen molar-refractivity contribution in [3.63, 3.8) is 0 Å². The zero-order valence-corrected chi connectivity index (χ0v) is 13.3. The molecule has 2 rings (SSSR count). The van der Waals surface area contributed by atoms with E-state index in [9.17, 15) is 9.90 Å². The molecular formula is C13H15Br2NO2. The van der Waals surface area contributed by atoms with Crippen LogP contribution in [-0.4, -0.2) is 34.6 Å². The quantitative estimate of drug-likeness (QED) is 0.817. The third kappa shape index (κ3) is 3.13. The SMILES string of the molecule is CC1(O)CCCN(C(=O)c2ccc(Br)cc2Br)C1. The Balaban J connectivity index is 2.20. The topological polar surface area (TPSA) is 40.5 Å². The van der Waals surface area contributed by atoms with Gasteiger partial charge in [-0.2, -0.15) is 0 Å². The van der Waals surface area contributed by atoms with Crippen LogP contribution in [0.25, 0.3) is 0 Å². The number of hydrogen-bond acceptors (Lipinski definition) is 2. The van der Waals surface area contributed by atoms with Crippen molar-refractivity contribution in [1.29, 1.82) is 0 Å². The van der Waals surface area contributed by atoms with Gasteiger partial charge in [0, 0.05) is 22.0 Å². The molecule has 0 spiro atoms. The smallest absolute Gasteiger partial charge is 0.255 e. The number of likely N-dealkylation sites (tertiary alicyclic amines) is 1. The molecular weight excluding hydrogens is 362 g/mol. The fourth-order valence-corrected chi connectivity index (χ4v) is 3.44. The molecule has 5 heteroatoms. The first-order valence-electron chi connectivity index (χ1n) is 5.86. The molecule has 0 saturated carbocycles. The zero-order chi connectivity index (χ0) is 13.3. The first-order chi connectivity index (χ1) is 8.39. The van der Waals surface area contributed by atoms with Crippen molar-refractivity contribution >= 4 is 37.8 Å². The van der Waals surface area contributed by atoms with Gasteiger partial charge in [0.2, 0.25) is 0 Å². The van der Waals surface area contributed by atoms with Gasteiger partial charge in [-0.3, -0.25) is 4.79 Å². The predicted octanol–water partition coefficient (Wildman–Crippen LogP) is 3.20. The second-order valence-electron chi connectivity index (χ2n) is 4.95. The second-order valence-corrected chi connectivity index (χ2v) is 6.72. The number of benzene rings is 1. The summed E-state index contributed by atoms with van der Waals surface area (Å²) >= 11 is 6.77. The number of halogens is 2. The summed E-state index contributed by atoms with van der Waals surface area (Å²) in [5.41, 5.74) is -0.133. The number of rotatable bonds is 1. The fraction of sp³-hybridized carbons (Fsp3) is 0.462. The molecule has 1 aliphatic heterocycles. The van der Waals surface area contributed by atoms with E-state index in [2.05, 4.69) is 31.9 Å². The van der Waals surface area contributed by atoms with Crippen LogP contribution >= 0.6 is 31.9 Å². The normalized spacial score (nSPS) is 24.1. The first kappa shape index (κ1) is 14.0. The minimum absolute atomic E-state index is 0.0330. The summed E-state index contributed by atoms with van der Waals surface area (Å²) in [5.74, 6) is -0.0330. The molecule has 1 amide bonds. The average molecular weight is 377 g/mol. The van der Waals surface area contributed by atoms with Crippen molar-refractivity contribution < 1.29 is 9.90 Å². The van der Waals surface area contributed by atoms with Crippen molar-refractivity contribution in [2.75, 3.05) is 13.1 Å². The minimum atomic E-state index is -0.768. The van der Waals surface area contributed by atoms with Gasteiger partial charge < -0.3 is 10.0 Å². The minimum Gasteiger partial charge on any atom is -0.388 e. The molecule has 0 aliphatic carbocycles. The van der Waals surface area contributed by atoms with Gasteiger partial charge in [0.1, 0.15) is 0 Å². The van der Waals surface area contributed by atoms with E-state index in [0.29, 0.717) is 18.7 Å². The number of aliphatic hydroxyl groups is 1. The fourth-order valence-electron chi connectivity index (χ4n) is 2.23. The lowest BCUT2D eigenvalue weighted by atomic mass is 9.94. The van der Waals surface area contributed by atoms with Crippen molar-refractivity contribution in [2.45, 2.75) is 25.4 Å². The van der Waals surface area contributed by atoms with Crippen LogP contribution in [-0.2, 0) is 0 Å². The molecule has 0 bridgehead atoms.